The largest absolute Gasteiger partial charge is 0.455 e. The van der Waals surface area contributed by atoms with Gasteiger partial charge in [-0.25, -0.2) is 0 Å². The Hall–Kier alpha value is -1.08. The van der Waals surface area contributed by atoms with Crippen molar-refractivity contribution in [2.45, 2.75) is 31.9 Å². The standard InChI is InChI=1S/C8H15BN2O4/c1-7(5(10)12)8(2,6(13)11-4)15-9(3)14-7/h1-4H3,(H2,10,12)(H,11,13). The zero-order valence-electron chi connectivity index (χ0n) is 9.29. The number of carbonyl (C=O) groups excluding carboxylic acids is 2. The molecule has 7 heteroatoms. The molecular weight excluding hydrogens is 199 g/mol. The fraction of sp³-hybridized carbons (Fsp3) is 0.750. The molecule has 0 aliphatic carbocycles. The van der Waals surface area contributed by atoms with Gasteiger partial charge in [0.05, 0.1) is 0 Å². The predicted molar refractivity (Wildman–Crippen MR) is 53.9 cm³/mol. The lowest BCUT2D eigenvalue weighted by atomic mass is 9.84. The maximum absolute atomic E-state index is 11.7. The summed E-state index contributed by atoms with van der Waals surface area (Å²) in [5.41, 5.74) is 2.39. The lowest BCUT2D eigenvalue weighted by molar-refractivity contribution is -0.153. The van der Waals surface area contributed by atoms with Crippen molar-refractivity contribution in [3.05, 3.63) is 0 Å². The Balaban J connectivity index is 3.15. The third-order valence-corrected chi connectivity index (χ3v) is 2.84. The van der Waals surface area contributed by atoms with Gasteiger partial charge in [0.1, 0.15) is 0 Å². The Labute approximate surface area is 88.6 Å². The maximum atomic E-state index is 11.7. The van der Waals surface area contributed by atoms with Gasteiger partial charge in [-0.15, -0.1) is 0 Å². The second-order valence-corrected chi connectivity index (χ2v) is 3.81. The van der Waals surface area contributed by atoms with E-state index in [0.717, 1.165) is 0 Å². The van der Waals surface area contributed by atoms with Crippen molar-refractivity contribution in [1.29, 1.82) is 0 Å². The van der Waals surface area contributed by atoms with Gasteiger partial charge in [0.25, 0.3) is 11.8 Å². The molecule has 0 aromatic rings. The first kappa shape index (κ1) is 12.0. The van der Waals surface area contributed by atoms with Crippen LogP contribution in [0, 0.1) is 0 Å². The quantitative estimate of drug-likeness (QED) is 0.571. The van der Waals surface area contributed by atoms with E-state index in [2.05, 4.69) is 5.32 Å². The van der Waals surface area contributed by atoms with Gasteiger partial charge in [-0.3, -0.25) is 9.59 Å². The number of rotatable bonds is 2. The van der Waals surface area contributed by atoms with Crippen molar-refractivity contribution in [2.75, 3.05) is 7.05 Å². The Morgan fingerprint density at radius 2 is 1.73 bits per heavy atom. The minimum Gasteiger partial charge on any atom is -0.394 e. The van der Waals surface area contributed by atoms with Crippen LogP contribution in [0.15, 0.2) is 0 Å². The van der Waals surface area contributed by atoms with Crippen LogP contribution in [-0.4, -0.2) is 37.2 Å². The van der Waals surface area contributed by atoms with Crippen molar-refractivity contribution in [2.24, 2.45) is 5.73 Å². The first-order chi connectivity index (χ1) is 6.78. The summed E-state index contributed by atoms with van der Waals surface area (Å²) in [6.45, 7) is 4.55. The molecule has 1 heterocycles. The summed E-state index contributed by atoms with van der Waals surface area (Å²) >= 11 is 0. The smallest absolute Gasteiger partial charge is 0.394 e. The van der Waals surface area contributed by atoms with E-state index in [-0.39, 0.29) is 0 Å². The number of hydrogen-bond acceptors (Lipinski definition) is 4. The molecule has 1 saturated heterocycles. The molecule has 0 aromatic carbocycles. The lowest BCUT2D eigenvalue weighted by Crippen LogP contribution is -2.62. The van der Waals surface area contributed by atoms with Crippen LogP contribution in [0.4, 0.5) is 0 Å². The lowest BCUT2D eigenvalue weighted by Gasteiger charge is -2.34. The zero-order chi connectivity index (χ0) is 11.9. The van der Waals surface area contributed by atoms with E-state index in [1.165, 1.54) is 20.9 Å². The molecule has 3 N–H and O–H groups in total. The van der Waals surface area contributed by atoms with Gasteiger partial charge >= 0.3 is 7.12 Å². The van der Waals surface area contributed by atoms with Gasteiger partial charge in [-0.05, 0) is 20.7 Å². The molecule has 1 fully saturated rings. The minimum absolute atomic E-state index is 0.437. The Morgan fingerprint density at radius 3 is 2.13 bits per heavy atom. The summed E-state index contributed by atoms with van der Waals surface area (Å²) in [5.74, 6) is -1.16. The number of nitrogens with one attached hydrogen (secondary N) is 1. The van der Waals surface area contributed by atoms with Gasteiger partial charge in [0.2, 0.25) is 0 Å². The number of likely N-dealkylation sites (N-methyl/N-ethyl adjacent to an activating group) is 1. The predicted octanol–water partition coefficient (Wildman–Crippen LogP) is -1.10. The molecule has 6 nitrogen and oxygen atoms in total. The summed E-state index contributed by atoms with van der Waals surface area (Å²) in [7, 11) is 0.811. The molecule has 2 atom stereocenters. The number of amides is 2. The van der Waals surface area contributed by atoms with Crippen LogP contribution in [0.2, 0.25) is 6.82 Å². The molecule has 1 aliphatic heterocycles. The van der Waals surface area contributed by atoms with E-state index in [1.54, 1.807) is 6.82 Å². The monoisotopic (exact) mass is 214 g/mol. The number of nitrogens with two attached hydrogens (primary N) is 1. The number of carbonyl (C=O) groups is 2. The van der Waals surface area contributed by atoms with Crippen LogP contribution < -0.4 is 11.1 Å². The van der Waals surface area contributed by atoms with E-state index < -0.39 is 30.1 Å². The molecule has 0 radical (unpaired) electrons. The first-order valence-electron chi connectivity index (χ1n) is 4.65. The van der Waals surface area contributed by atoms with Crippen molar-refractivity contribution >= 4 is 18.9 Å². The molecule has 15 heavy (non-hydrogen) atoms. The summed E-state index contributed by atoms with van der Waals surface area (Å²) in [6, 6.07) is 0. The van der Waals surface area contributed by atoms with Gasteiger partial charge in [0.15, 0.2) is 11.2 Å². The second-order valence-electron chi connectivity index (χ2n) is 3.81. The van der Waals surface area contributed by atoms with Crippen LogP contribution in [0.3, 0.4) is 0 Å². The highest BCUT2D eigenvalue weighted by atomic mass is 16.7. The molecule has 0 spiro atoms. The van der Waals surface area contributed by atoms with Gasteiger partial charge in [0, 0.05) is 7.05 Å². The second kappa shape index (κ2) is 3.50. The van der Waals surface area contributed by atoms with E-state index >= 15 is 0 Å². The highest BCUT2D eigenvalue weighted by Crippen LogP contribution is 2.37. The molecule has 1 rings (SSSR count). The maximum Gasteiger partial charge on any atom is 0.455 e. The summed E-state index contributed by atoms with van der Waals surface area (Å²) in [4.78, 5) is 23.0. The Bertz CT molecular complexity index is 311. The third-order valence-electron chi connectivity index (χ3n) is 2.84. The molecule has 0 saturated carbocycles. The summed E-state index contributed by atoms with van der Waals surface area (Å²) in [6.07, 6.45) is 0. The SMILES string of the molecule is CNC(=O)C1(C)OB(C)OC1(C)C(N)=O. The van der Waals surface area contributed by atoms with Crippen LogP contribution in [-0.2, 0) is 18.9 Å². The number of primary amides is 1. The zero-order valence-corrected chi connectivity index (χ0v) is 9.29. The fourth-order valence-electron chi connectivity index (χ4n) is 1.71. The summed E-state index contributed by atoms with van der Waals surface area (Å²) < 4.78 is 10.6. The van der Waals surface area contributed by atoms with Crippen LogP contribution >= 0.6 is 0 Å². The Kier molecular flexibility index (Phi) is 2.80. The highest BCUT2D eigenvalue weighted by Gasteiger charge is 2.63. The topological polar surface area (TPSA) is 90.7 Å². The molecule has 0 aromatic heterocycles. The normalized spacial score (nSPS) is 35.3. The molecule has 2 amide bonds. The third kappa shape index (κ3) is 1.51. The van der Waals surface area contributed by atoms with Crippen LogP contribution in [0.1, 0.15) is 13.8 Å². The molecule has 84 valence electrons. The van der Waals surface area contributed by atoms with Crippen molar-refractivity contribution in [3.63, 3.8) is 0 Å². The van der Waals surface area contributed by atoms with Crippen molar-refractivity contribution in [1.82, 2.24) is 5.32 Å². The molecule has 2 unspecified atom stereocenters. The van der Waals surface area contributed by atoms with Gasteiger partial charge in [-0.2, -0.15) is 0 Å². The van der Waals surface area contributed by atoms with E-state index in [9.17, 15) is 9.59 Å². The summed E-state index contributed by atoms with van der Waals surface area (Å²) in [5, 5.41) is 2.43. The minimum atomic E-state index is -1.45. The first-order valence-corrected chi connectivity index (χ1v) is 4.65. The number of hydrogen-bond donors (Lipinski definition) is 2. The van der Waals surface area contributed by atoms with E-state index in [1.807, 2.05) is 0 Å². The average molecular weight is 214 g/mol. The van der Waals surface area contributed by atoms with E-state index in [0.29, 0.717) is 0 Å². The fourth-order valence-corrected chi connectivity index (χ4v) is 1.71. The van der Waals surface area contributed by atoms with Crippen molar-refractivity contribution < 1.29 is 18.9 Å². The van der Waals surface area contributed by atoms with E-state index in [4.69, 9.17) is 15.0 Å². The van der Waals surface area contributed by atoms with Crippen molar-refractivity contribution in [3.8, 4) is 0 Å². The molecular formula is C8H15BN2O4. The van der Waals surface area contributed by atoms with Crippen LogP contribution in [0.5, 0.6) is 0 Å². The average Bonchev–Trinajstić information content (AvgIpc) is 2.38. The van der Waals surface area contributed by atoms with Crippen LogP contribution in [0.25, 0.3) is 0 Å². The Morgan fingerprint density at radius 1 is 1.27 bits per heavy atom. The highest BCUT2D eigenvalue weighted by molar-refractivity contribution is 6.45. The van der Waals surface area contributed by atoms with Gasteiger partial charge < -0.3 is 20.4 Å². The molecule has 0 bridgehead atoms. The van der Waals surface area contributed by atoms with Gasteiger partial charge in [-0.1, -0.05) is 0 Å². The molecule has 1 aliphatic rings.